The smallest absolute Gasteiger partial charge is 0.257 e. The number of likely N-dealkylation sites (tertiary alicyclic amines) is 1. The Balaban J connectivity index is 1.48. The maximum atomic E-state index is 13.0. The highest BCUT2D eigenvalue weighted by Gasteiger charge is 2.44. The maximum absolute atomic E-state index is 13.0. The highest BCUT2D eigenvalue weighted by molar-refractivity contribution is 5.96. The molecule has 0 aromatic carbocycles. The van der Waals surface area contributed by atoms with E-state index >= 15 is 0 Å². The predicted octanol–water partition coefficient (Wildman–Crippen LogP) is 2.12. The summed E-state index contributed by atoms with van der Waals surface area (Å²) < 4.78 is 16.3. The minimum absolute atomic E-state index is 0.0194. The van der Waals surface area contributed by atoms with Crippen LogP contribution in [0.15, 0.2) is 39.6 Å². The second-order valence-corrected chi connectivity index (χ2v) is 6.84. The molecule has 2 aliphatic rings. The quantitative estimate of drug-likeness (QED) is 0.905. The third-order valence-electron chi connectivity index (χ3n) is 5.25. The van der Waals surface area contributed by atoms with Crippen molar-refractivity contribution in [2.75, 3.05) is 13.2 Å². The molecule has 4 rings (SSSR count). The number of furan rings is 2. The Morgan fingerprint density at radius 2 is 2.15 bits per heavy atom. The topological polar surface area (TPSA) is 84.9 Å². The largest absolute Gasteiger partial charge is 0.469 e. The van der Waals surface area contributed by atoms with Crippen LogP contribution < -0.4 is 5.32 Å². The third kappa shape index (κ3) is 3.14. The lowest BCUT2D eigenvalue weighted by Gasteiger charge is -2.40. The van der Waals surface area contributed by atoms with Crippen LogP contribution in [0.1, 0.15) is 34.7 Å². The average Bonchev–Trinajstić information content (AvgIpc) is 3.39. The van der Waals surface area contributed by atoms with Crippen molar-refractivity contribution in [2.24, 2.45) is 5.92 Å². The summed E-state index contributed by atoms with van der Waals surface area (Å²) >= 11 is 0. The van der Waals surface area contributed by atoms with Crippen molar-refractivity contribution in [3.8, 4) is 0 Å². The number of aryl methyl sites for hydroxylation is 1. The van der Waals surface area contributed by atoms with Gasteiger partial charge in [0.25, 0.3) is 5.91 Å². The molecule has 0 aliphatic carbocycles. The van der Waals surface area contributed by atoms with Crippen LogP contribution in [0.2, 0.25) is 0 Å². The predicted molar refractivity (Wildman–Crippen MR) is 91.3 cm³/mol. The molecule has 138 valence electrons. The summed E-state index contributed by atoms with van der Waals surface area (Å²) in [6, 6.07) is 5.30. The van der Waals surface area contributed by atoms with Crippen LogP contribution in [-0.2, 0) is 16.1 Å². The van der Waals surface area contributed by atoms with Crippen molar-refractivity contribution in [3.05, 3.63) is 47.8 Å². The number of hydrogen-bond donors (Lipinski definition) is 1. The molecule has 7 heteroatoms. The molecular formula is C19H22N2O5. The lowest BCUT2D eigenvalue weighted by atomic mass is 9.89. The SMILES string of the molecule is Cc1occc1C(=O)N1C[C@H](C(=O)NCc2ccco2)C[C@@H]2OCC[C@@H]21. The molecule has 0 bridgehead atoms. The summed E-state index contributed by atoms with van der Waals surface area (Å²) in [5, 5.41) is 2.90. The van der Waals surface area contributed by atoms with E-state index in [9.17, 15) is 9.59 Å². The van der Waals surface area contributed by atoms with Gasteiger partial charge < -0.3 is 23.8 Å². The summed E-state index contributed by atoms with van der Waals surface area (Å²) in [7, 11) is 0. The number of nitrogens with one attached hydrogen (secondary N) is 1. The number of fused-ring (bicyclic) bond motifs is 1. The number of ether oxygens (including phenoxy) is 1. The van der Waals surface area contributed by atoms with Gasteiger partial charge in [-0.1, -0.05) is 0 Å². The van der Waals surface area contributed by atoms with E-state index in [1.54, 1.807) is 30.2 Å². The molecule has 7 nitrogen and oxygen atoms in total. The van der Waals surface area contributed by atoms with E-state index in [2.05, 4.69) is 5.32 Å². The number of hydrogen-bond acceptors (Lipinski definition) is 5. The van der Waals surface area contributed by atoms with E-state index in [0.717, 1.165) is 6.42 Å². The van der Waals surface area contributed by atoms with Gasteiger partial charge in [0.2, 0.25) is 5.91 Å². The fourth-order valence-electron chi connectivity index (χ4n) is 3.86. The summed E-state index contributed by atoms with van der Waals surface area (Å²) in [4.78, 5) is 27.4. The van der Waals surface area contributed by atoms with Gasteiger partial charge in [-0.15, -0.1) is 0 Å². The minimum atomic E-state index is -0.305. The Hall–Kier alpha value is -2.54. The summed E-state index contributed by atoms with van der Waals surface area (Å²) in [5.74, 6) is 0.804. The Bertz CT molecular complexity index is 782. The van der Waals surface area contributed by atoms with Crippen molar-refractivity contribution in [2.45, 2.75) is 38.5 Å². The molecule has 1 N–H and O–H groups in total. The number of rotatable bonds is 4. The van der Waals surface area contributed by atoms with E-state index in [4.69, 9.17) is 13.6 Å². The summed E-state index contributed by atoms with van der Waals surface area (Å²) in [6.07, 6.45) is 4.42. The number of piperidine rings is 1. The van der Waals surface area contributed by atoms with Crippen LogP contribution in [-0.4, -0.2) is 42.0 Å². The first-order valence-corrected chi connectivity index (χ1v) is 8.90. The minimum Gasteiger partial charge on any atom is -0.469 e. The Morgan fingerprint density at radius 3 is 2.88 bits per heavy atom. The highest BCUT2D eigenvalue weighted by atomic mass is 16.5. The third-order valence-corrected chi connectivity index (χ3v) is 5.25. The molecule has 0 unspecified atom stereocenters. The first kappa shape index (κ1) is 16.9. The molecular weight excluding hydrogens is 336 g/mol. The van der Waals surface area contributed by atoms with Gasteiger partial charge in [0.15, 0.2) is 0 Å². The van der Waals surface area contributed by atoms with Gasteiger partial charge in [-0.3, -0.25) is 9.59 Å². The summed E-state index contributed by atoms with van der Waals surface area (Å²) in [6.45, 7) is 3.11. The van der Waals surface area contributed by atoms with Crippen LogP contribution in [0, 0.1) is 12.8 Å². The normalized spacial score (nSPS) is 25.1. The zero-order valence-corrected chi connectivity index (χ0v) is 14.6. The van der Waals surface area contributed by atoms with Crippen molar-refractivity contribution < 1.29 is 23.2 Å². The Morgan fingerprint density at radius 1 is 1.27 bits per heavy atom. The number of carbonyl (C=O) groups is 2. The average molecular weight is 358 g/mol. The van der Waals surface area contributed by atoms with E-state index in [1.807, 2.05) is 6.07 Å². The standard InChI is InChI=1S/C19H22N2O5/c1-12-15(4-7-24-12)19(23)21-11-13(9-17-16(21)5-8-26-17)18(22)20-10-14-3-2-6-25-14/h2-4,6-7,13,16-17H,5,8-11H2,1H3,(H,20,22)/t13-,16+,17+/m1/s1. The van der Waals surface area contributed by atoms with E-state index in [1.165, 1.54) is 6.26 Å². The molecule has 26 heavy (non-hydrogen) atoms. The lowest BCUT2D eigenvalue weighted by Crippen LogP contribution is -2.55. The fraction of sp³-hybridized carbons (Fsp3) is 0.474. The number of amides is 2. The molecule has 2 aromatic heterocycles. The van der Waals surface area contributed by atoms with Crippen molar-refractivity contribution in [1.29, 1.82) is 0 Å². The van der Waals surface area contributed by atoms with E-state index in [0.29, 0.717) is 43.2 Å². The molecule has 2 fully saturated rings. The van der Waals surface area contributed by atoms with Gasteiger partial charge in [0.1, 0.15) is 11.5 Å². The molecule has 0 saturated carbocycles. The first-order valence-electron chi connectivity index (χ1n) is 8.90. The monoisotopic (exact) mass is 358 g/mol. The molecule has 0 radical (unpaired) electrons. The van der Waals surface area contributed by atoms with Gasteiger partial charge in [-0.05, 0) is 38.0 Å². The number of carbonyl (C=O) groups excluding carboxylic acids is 2. The van der Waals surface area contributed by atoms with Gasteiger partial charge in [-0.2, -0.15) is 0 Å². The Labute approximate surface area is 151 Å². The van der Waals surface area contributed by atoms with Crippen LogP contribution in [0.4, 0.5) is 0 Å². The molecule has 2 amide bonds. The van der Waals surface area contributed by atoms with E-state index in [-0.39, 0.29) is 29.9 Å². The molecule has 2 aliphatic heterocycles. The van der Waals surface area contributed by atoms with Crippen molar-refractivity contribution in [3.63, 3.8) is 0 Å². The van der Waals surface area contributed by atoms with Crippen LogP contribution in [0.3, 0.4) is 0 Å². The summed E-state index contributed by atoms with van der Waals surface area (Å²) in [5.41, 5.74) is 0.548. The fourth-order valence-corrected chi connectivity index (χ4v) is 3.86. The van der Waals surface area contributed by atoms with Crippen LogP contribution >= 0.6 is 0 Å². The molecule has 2 saturated heterocycles. The van der Waals surface area contributed by atoms with Crippen LogP contribution in [0.5, 0.6) is 0 Å². The van der Waals surface area contributed by atoms with Crippen molar-refractivity contribution in [1.82, 2.24) is 10.2 Å². The van der Waals surface area contributed by atoms with Gasteiger partial charge >= 0.3 is 0 Å². The first-order chi connectivity index (χ1) is 12.6. The maximum Gasteiger partial charge on any atom is 0.257 e. The lowest BCUT2D eigenvalue weighted by molar-refractivity contribution is -0.129. The highest BCUT2D eigenvalue weighted by Crippen LogP contribution is 2.33. The van der Waals surface area contributed by atoms with Gasteiger partial charge in [0.05, 0.1) is 42.7 Å². The second kappa shape index (κ2) is 6.99. The Kier molecular flexibility index (Phi) is 4.55. The molecule has 4 heterocycles. The van der Waals surface area contributed by atoms with Gasteiger partial charge in [0, 0.05) is 13.2 Å². The molecule has 3 atom stereocenters. The van der Waals surface area contributed by atoms with E-state index < -0.39 is 0 Å². The zero-order valence-electron chi connectivity index (χ0n) is 14.6. The number of nitrogens with zero attached hydrogens (tertiary/aromatic N) is 1. The molecule has 2 aromatic rings. The zero-order chi connectivity index (χ0) is 18.1. The van der Waals surface area contributed by atoms with Crippen LogP contribution in [0.25, 0.3) is 0 Å². The van der Waals surface area contributed by atoms with Gasteiger partial charge in [-0.25, -0.2) is 0 Å². The van der Waals surface area contributed by atoms with Crippen molar-refractivity contribution >= 4 is 11.8 Å². The molecule has 0 spiro atoms. The second-order valence-electron chi connectivity index (χ2n) is 6.84.